The number of carbonyl (C=O) groups is 2. The maximum atomic E-state index is 13.0. The van der Waals surface area contributed by atoms with Gasteiger partial charge in [-0.05, 0) is 42.9 Å². The van der Waals surface area contributed by atoms with E-state index in [0.29, 0.717) is 25.0 Å². The maximum absolute atomic E-state index is 13.0. The van der Waals surface area contributed by atoms with Crippen LogP contribution in [0.25, 0.3) is 0 Å². The van der Waals surface area contributed by atoms with Crippen LogP contribution in [0, 0.1) is 5.92 Å². The van der Waals surface area contributed by atoms with Gasteiger partial charge >= 0.3 is 0 Å². The van der Waals surface area contributed by atoms with Gasteiger partial charge in [0.1, 0.15) is 0 Å². The number of piperidine rings is 1. The molecular weight excluding hydrogens is 390 g/mol. The quantitative estimate of drug-likeness (QED) is 0.775. The number of carbonyl (C=O) groups excluding carboxylic acids is 2. The molecule has 3 unspecified atom stereocenters. The van der Waals surface area contributed by atoms with E-state index in [4.69, 9.17) is 0 Å². The van der Waals surface area contributed by atoms with Crippen molar-refractivity contribution in [3.63, 3.8) is 0 Å². The lowest BCUT2D eigenvalue weighted by molar-refractivity contribution is -0.127. The van der Waals surface area contributed by atoms with Gasteiger partial charge in [0.25, 0.3) is 0 Å². The number of nitrogens with zero attached hydrogens (tertiary/aromatic N) is 4. The van der Waals surface area contributed by atoms with Crippen LogP contribution < -0.4 is 15.1 Å². The first-order valence-corrected chi connectivity index (χ1v) is 11.3. The molecule has 2 aliphatic heterocycles. The summed E-state index contributed by atoms with van der Waals surface area (Å²) >= 11 is 0. The van der Waals surface area contributed by atoms with Gasteiger partial charge in [-0.3, -0.25) is 9.59 Å². The summed E-state index contributed by atoms with van der Waals surface area (Å²) in [5.41, 5.74) is 2.12. The van der Waals surface area contributed by atoms with Gasteiger partial charge in [0.05, 0.1) is 5.92 Å². The summed E-state index contributed by atoms with van der Waals surface area (Å²) in [5, 5.41) is 3.19. The molecule has 2 aromatic rings. The minimum atomic E-state index is -0.319. The number of nitrogens with one attached hydrogen (secondary N) is 1. The number of hydrogen-bond donors (Lipinski definition) is 1. The molecule has 0 saturated carbocycles. The largest absolute Gasteiger partial charge is 0.351 e. The van der Waals surface area contributed by atoms with Crippen molar-refractivity contribution in [2.45, 2.75) is 51.5 Å². The fraction of sp³-hybridized carbons (Fsp3) is 0.500. The van der Waals surface area contributed by atoms with Crippen LogP contribution >= 0.6 is 0 Å². The molecule has 2 saturated heterocycles. The number of amides is 2. The zero-order valence-corrected chi connectivity index (χ0v) is 18.3. The lowest BCUT2D eigenvalue weighted by Crippen LogP contribution is -2.50. The van der Waals surface area contributed by atoms with E-state index in [1.54, 1.807) is 23.4 Å². The highest BCUT2D eigenvalue weighted by Crippen LogP contribution is 2.33. The van der Waals surface area contributed by atoms with Crippen molar-refractivity contribution < 1.29 is 9.59 Å². The highest BCUT2D eigenvalue weighted by molar-refractivity contribution is 6.01. The molecule has 2 amide bonds. The zero-order valence-electron chi connectivity index (χ0n) is 18.3. The second-order valence-electron chi connectivity index (χ2n) is 8.62. The Balaban J connectivity index is 1.40. The maximum Gasteiger partial charge on any atom is 0.227 e. The van der Waals surface area contributed by atoms with Gasteiger partial charge in [0.2, 0.25) is 17.8 Å². The average Bonchev–Trinajstić information content (AvgIpc) is 3.21. The Morgan fingerprint density at radius 3 is 2.74 bits per heavy atom. The molecule has 0 aliphatic carbocycles. The summed E-state index contributed by atoms with van der Waals surface area (Å²) in [7, 11) is 0. The molecule has 7 heteroatoms. The molecule has 0 radical (unpaired) electrons. The van der Waals surface area contributed by atoms with Crippen LogP contribution in [0.15, 0.2) is 42.7 Å². The van der Waals surface area contributed by atoms with Crippen molar-refractivity contribution >= 4 is 23.5 Å². The molecule has 3 heterocycles. The minimum absolute atomic E-state index is 0.0267. The van der Waals surface area contributed by atoms with E-state index >= 15 is 0 Å². The van der Waals surface area contributed by atoms with E-state index in [1.807, 2.05) is 18.2 Å². The van der Waals surface area contributed by atoms with Crippen LogP contribution in [-0.4, -0.2) is 47.5 Å². The van der Waals surface area contributed by atoms with E-state index in [2.05, 4.69) is 40.1 Å². The smallest absolute Gasteiger partial charge is 0.227 e. The van der Waals surface area contributed by atoms with Crippen LogP contribution in [0.2, 0.25) is 0 Å². The van der Waals surface area contributed by atoms with Crippen molar-refractivity contribution in [3.05, 3.63) is 48.3 Å². The van der Waals surface area contributed by atoms with Gasteiger partial charge in [0.15, 0.2) is 0 Å². The van der Waals surface area contributed by atoms with Crippen LogP contribution in [-0.2, 0) is 9.59 Å². The first-order chi connectivity index (χ1) is 15.1. The SMILES string of the molecule is CCC(C)c1ccccc1N1CC(C(=O)NC2CCCN(c3ncccn3)C2)CC1=O. The minimum Gasteiger partial charge on any atom is -0.351 e. The molecule has 2 fully saturated rings. The monoisotopic (exact) mass is 421 g/mol. The zero-order chi connectivity index (χ0) is 21.8. The van der Waals surface area contributed by atoms with E-state index in [-0.39, 0.29) is 30.2 Å². The van der Waals surface area contributed by atoms with Crippen LogP contribution in [0.1, 0.15) is 51.0 Å². The average molecular weight is 422 g/mol. The Morgan fingerprint density at radius 2 is 1.97 bits per heavy atom. The Kier molecular flexibility index (Phi) is 6.49. The first-order valence-electron chi connectivity index (χ1n) is 11.3. The van der Waals surface area contributed by atoms with E-state index < -0.39 is 0 Å². The number of aromatic nitrogens is 2. The second kappa shape index (κ2) is 9.45. The Morgan fingerprint density at radius 1 is 1.19 bits per heavy atom. The lowest BCUT2D eigenvalue weighted by atomic mass is 9.96. The van der Waals surface area contributed by atoms with Crippen molar-refractivity contribution in [2.75, 3.05) is 29.4 Å². The normalized spacial score (nSPS) is 22.5. The van der Waals surface area contributed by atoms with Crippen LogP contribution in [0.4, 0.5) is 11.6 Å². The van der Waals surface area contributed by atoms with Gasteiger partial charge in [-0.2, -0.15) is 0 Å². The standard InChI is InChI=1S/C24H31N5O2/c1-3-17(2)20-9-4-5-10-21(20)29-15-18(14-22(29)30)23(31)27-19-8-6-13-28(16-19)24-25-11-7-12-26-24/h4-5,7,9-12,17-19H,3,6,8,13-16H2,1-2H3,(H,27,31). The Labute approximate surface area is 183 Å². The van der Waals surface area contributed by atoms with Crippen molar-refractivity contribution in [2.24, 2.45) is 5.92 Å². The van der Waals surface area contributed by atoms with Gasteiger partial charge < -0.3 is 15.1 Å². The summed E-state index contributed by atoms with van der Waals surface area (Å²) in [6, 6.07) is 9.91. The van der Waals surface area contributed by atoms with Crippen LogP contribution in [0.3, 0.4) is 0 Å². The molecule has 1 aromatic carbocycles. The molecule has 31 heavy (non-hydrogen) atoms. The number of para-hydroxylation sites is 1. The van der Waals surface area contributed by atoms with Crippen molar-refractivity contribution in [1.29, 1.82) is 0 Å². The third-order valence-electron chi connectivity index (χ3n) is 6.47. The van der Waals surface area contributed by atoms with Crippen LogP contribution in [0.5, 0.6) is 0 Å². The van der Waals surface area contributed by atoms with Gasteiger partial charge in [-0.25, -0.2) is 9.97 Å². The summed E-state index contributed by atoms with van der Waals surface area (Å²) < 4.78 is 0. The molecule has 0 bridgehead atoms. The molecule has 7 nitrogen and oxygen atoms in total. The number of rotatable bonds is 6. The van der Waals surface area contributed by atoms with Gasteiger partial charge in [0, 0.05) is 50.2 Å². The molecule has 0 spiro atoms. The van der Waals surface area contributed by atoms with Crippen molar-refractivity contribution in [1.82, 2.24) is 15.3 Å². The summed E-state index contributed by atoms with van der Waals surface area (Å²) in [4.78, 5) is 38.4. The summed E-state index contributed by atoms with van der Waals surface area (Å²) in [5.74, 6) is 0.744. The summed E-state index contributed by atoms with van der Waals surface area (Å²) in [6.07, 6.45) is 6.64. The van der Waals surface area contributed by atoms with Crippen molar-refractivity contribution in [3.8, 4) is 0 Å². The fourth-order valence-electron chi connectivity index (χ4n) is 4.54. The molecule has 2 aliphatic rings. The molecule has 3 atom stereocenters. The van der Waals surface area contributed by atoms with Gasteiger partial charge in [-0.15, -0.1) is 0 Å². The highest BCUT2D eigenvalue weighted by atomic mass is 16.2. The van der Waals surface area contributed by atoms with E-state index in [9.17, 15) is 9.59 Å². The topological polar surface area (TPSA) is 78.4 Å². The van der Waals surface area contributed by atoms with Gasteiger partial charge in [-0.1, -0.05) is 32.0 Å². The molecule has 164 valence electrons. The molecular formula is C24H31N5O2. The molecule has 1 N–H and O–H groups in total. The summed E-state index contributed by atoms with van der Waals surface area (Å²) in [6.45, 7) is 6.35. The number of benzene rings is 1. The number of hydrogen-bond acceptors (Lipinski definition) is 5. The first kappa shape index (κ1) is 21.3. The third-order valence-corrected chi connectivity index (χ3v) is 6.47. The molecule has 1 aromatic heterocycles. The van der Waals surface area contributed by atoms with E-state index in [0.717, 1.165) is 31.5 Å². The second-order valence-corrected chi connectivity index (χ2v) is 8.62. The highest BCUT2D eigenvalue weighted by Gasteiger charge is 2.37. The third kappa shape index (κ3) is 4.70. The Hall–Kier alpha value is -2.96. The number of anilines is 2. The Bertz CT molecular complexity index is 919. The fourth-order valence-corrected chi connectivity index (χ4v) is 4.54. The molecule has 4 rings (SSSR count). The predicted octanol–water partition coefficient (Wildman–Crippen LogP) is 3.13. The lowest BCUT2D eigenvalue weighted by Gasteiger charge is -2.33. The predicted molar refractivity (Wildman–Crippen MR) is 121 cm³/mol. The van der Waals surface area contributed by atoms with E-state index in [1.165, 1.54) is 5.56 Å².